The number of hydrogen-bond acceptors (Lipinski definition) is 4. The summed E-state index contributed by atoms with van der Waals surface area (Å²) in [4.78, 5) is 14.7. The zero-order valence-electron chi connectivity index (χ0n) is 8.34. The van der Waals surface area contributed by atoms with E-state index in [1.807, 2.05) is 0 Å². The highest BCUT2D eigenvalue weighted by atomic mass is 16.3. The number of hydrazone groups is 1. The number of para-hydroxylation sites is 2. The number of amidine groups is 1. The monoisotopic (exact) mass is 219 g/mol. The van der Waals surface area contributed by atoms with Gasteiger partial charge in [0.1, 0.15) is 0 Å². The Labute approximate surface area is 90.2 Å². The first-order chi connectivity index (χ1) is 7.65. The second kappa shape index (κ2) is 3.54. The van der Waals surface area contributed by atoms with Crippen molar-refractivity contribution in [2.75, 3.05) is 5.73 Å². The minimum absolute atomic E-state index is 0.0205. The fourth-order valence-electron chi connectivity index (χ4n) is 1.45. The molecule has 0 aliphatic rings. The van der Waals surface area contributed by atoms with Gasteiger partial charge in [0.15, 0.2) is 11.5 Å². The highest BCUT2D eigenvalue weighted by Crippen LogP contribution is 2.10. The van der Waals surface area contributed by atoms with Gasteiger partial charge in [0.25, 0.3) is 0 Å². The van der Waals surface area contributed by atoms with Crippen molar-refractivity contribution in [3.05, 3.63) is 34.9 Å². The molecule has 0 aliphatic heterocycles. The summed E-state index contributed by atoms with van der Waals surface area (Å²) < 4.78 is 0.583. The molecule has 0 aliphatic carbocycles. The van der Waals surface area contributed by atoms with E-state index in [9.17, 15) is 4.91 Å². The fraction of sp³-hybridized carbons (Fsp3) is 0. The molecule has 82 valence electrons. The van der Waals surface area contributed by atoms with E-state index in [1.54, 1.807) is 24.3 Å². The molecule has 0 spiro atoms. The molecule has 0 radical (unpaired) electrons. The van der Waals surface area contributed by atoms with Crippen molar-refractivity contribution >= 4 is 22.7 Å². The number of nitrogen functional groups attached to an aromatic ring is 1. The van der Waals surface area contributed by atoms with Crippen molar-refractivity contribution in [1.29, 1.82) is 0 Å². The van der Waals surface area contributed by atoms with Gasteiger partial charge in [0.2, 0.25) is 5.52 Å². The molecule has 0 atom stereocenters. The Morgan fingerprint density at radius 1 is 1.38 bits per heavy atom. The Morgan fingerprint density at radius 3 is 2.75 bits per heavy atom. The van der Waals surface area contributed by atoms with Crippen molar-refractivity contribution in [1.82, 2.24) is 4.98 Å². The summed E-state index contributed by atoms with van der Waals surface area (Å²) >= 11 is 0. The van der Waals surface area contributed by atoms with Crippen LogP contribution in [0.5, 0.6) is 0 Å². The molecule has 0 bridgehead atoms. The van der Waals surface area contributed by atoms with Crippen molar-refractivity contribution < 1.29 is 4.43 Å². The van der Waals surface area contributed by atoms with Gasteiger partial charge in [-0.25, -0.2) is 0 Å². The van der Waals surface area contributed by atoms with Crippen LogP contribution in [0, 0.1) is 4.91 Å². The van der Waals surface area contributed by atoms with Crippen molar-refractivity contribution in [2.24, 2.45) is 16.7 Å². The van der Waals surface area contributed by atoms with Gasteiger partial charge >= 0.3 is 5.82 Å². The maximum Gasteiger partial charge on any atom is 0.345 e. The normalized spacial score (nSPS) is 11.9. The first kappa shape index (κ1) is 9.97. The average Bonchev–Trinajstić information content (AvgIpc) is 2.33. The topological polar surface area (TPSA) is 129 Å². The molecule has 2 rings (SSSR count). The van der Waals surface area contributed by atoms with Crippen LogP contribution in [0.3, 0.4) is 0 Å². The maximum atomic E-state index is 11.8. The van der Waals surface area contributed by atoms with Crippen LogP contribution < -0.4 is 21.7 Å². The van der Waals surface area contributed by atoms with E-state index >= 15 is 0 Å². The number of rotatable bonds is 1. The minimum Gasteiger partial charge on any atom is -0.380 e. The molecular formula is C9H11N6O+. The summed E-state index contributed by atoms with van der Waals surface area (Å²) in [6.07, 6.45) is 0. The molecule has 1 heterocycles. The fourth-order valence-corrected chi connectivity index (χ4v) is 1.45. The Hall–Kier alpha value is -2.57. The molecular weight excluding hydrogens is 208 g/mol. The van der Waals surface area contributed by atoms with Crippen LogP contribution in [0.4, 0.5) is 5.82 Å². The van der Waals surface area contributed by atoms with Gasteiger partial charge in [-0.05, 0) is 12.1 Å². The molecule has 0 unspecified atom stereocenters. The van der Waals surface area contributed by atoms with Crippen LogP contribution in [0.1, 0.15) is 5.69 Å². The number of nitrogens with zero attached hydrogens (tertiary/aromatic N) is 2. The van der Waals surface area contributed by atoms with E-state index in [1.165, 1.54) is 0 Å². The summed E-state index contributed by atoms with van der Waals surface area (Å²) in [5.74, 6) is 4.96. The zero-order valence-corrected chi connectivity index (χ0v) is 8.34. The van der Waals surface area contributed by atoms with E-state index in [4.69, 9.17) is 17.3 Å². The molecule has 16 heavy (non-hydrogen) atoms. The summed E-state index contributed by atoms with van der Waals surface area (Å²) in [6, 6.07) is 6.91. The van der Waals surface area contributed by atoms with Crippen molar-refractivity contribution in [3.8, 4) is 0 Å². The second-order valence-corrected chi connectivity index (χ2v) is 3.21. The second-order valence-electron chi connectivity index (χ2n) is 3.21. The lowest BCUT2D eigenvalue weighted by Crippen LogP contribution is -2.29. The largest absolute Gasteiger partial charge is 0.380 e. The first-order valence-corrected chi connectivity index (χ1v) is 4.52. The van der Waals surface area contributed by atoms with Gasteiger partial charge in [-0.2, -0.15) is 5.10 Å². The molecule has 7 heteroatoms. The van der Waals surface area contributed by atoms with Crippen molar-refractivity contribution in [3.63, 3.8) is 0 Å². The summed E-state index contributed by atoms with van der Waals surface area (Å²) in [5, 5.41) is 3.30. The maximum absolute atomic E-state index is 11.8. The van der Waals surface area contributed by atoms with E-state index in [0.29, 0.717) is 15.5 Å². The van der Waals surface area contributed by atoms with Crippen molar-refractivity contribution in [2.45, 2.75) is 0 Å². The highest BCUT2D eigenvalue weighted by molar-refractivity contribution is 5.99. The Morgan fingerprint density at radius 2 is 2.06 bits per heavy atom. The Kier molecular flexibility index (Phi) is 2.20. The molecule has 0 saturated heterocycles. The number of hydrogen-bond donors (Lipinski definition) is 4. The summed E-state index contributed by atoms with van der Waals surface area (Å²) in [5.41, 5.74) is 12.4. The van der Waals surface area contributed by atoms with Gasteiger partial charge in [-0.15, -0.1) is 0 Å². The van der Waals surface area contributed by atoms with E-state index in [-0.39, 0.29) is 17.3 Å². The lowest BCUT2D eigenvalue weighted by molar-refractivity contribution is -0.447. The number of nitrogens with one attached hydrogen (secondary N) is 1. The molecule has 0 fully saturated rings. The van der Waals surface area contributed by atoms with Crippen LogP contribution in [-0.2, 0) is 0 Å². The Balaban J connectivity index is 2.90. The Bertz CT molecular complexity index is 629. The quantitative estimate of drug-likeness (QED) is 0.165. The smallest absolute Gasteiger partial charge is 0.345 e. The van der Waals surface area contributed by atoms with Gasteiger partial charge in [-0.1, -0.05) is 17.0 Å². The molecule has 2 aromatic rings. The number of fused-ring (bicyclic) bond motifs is 1. The number of H-pyrrole nitrogens is 1. The highest BCUT2D eigenvalue weighted by Gasteiger charge is 2.17. The van der Waals surface area contributed by atoms with Gasteiger partial charge < -0.3 is 16.6 Å². The van der Waals surface area contributed by atoms with Gasteiger partial charge in [0, 0.05) is 4.43 Å². The van der Waals surface area contributed by atoms with E-state index in [0.717, 1.165) is 0 Å². The van der Waals surface area contributed by atoms with E-state index < -0.39 is 0 Å². The summed E-state index contributed by atoms with van der Waals surface area (Å²) in [7, 11) is 0. The SMILES string of the molecule is NN=C(N)c1[nH]c2ccccc2[n+](=O)c1N. The number of nitrogens with two attached hydrogens (primary N) is 3. The van der Waals surface area contributed by atoms with Crippen LogP contribution in [0.15, 0.2) is 29.4 Å². The van der Waals surface area contributed by atoms with Crippen LogP contribution in [0.2, 0.25) is 0 Å². The third-order valence-corrected chi connectivity index (χ3v) is 2.25. The molecule has 1 aromatic heterocycles. The minimum atomic E-state index is -0.0644. The van der Waals surface area contributed by atoms with Crippen LogP contribution >= 0.6 is 0 Å². The number of benzene rings is 1. The molecule has 0 saturated carbocycles. The zero-order chi connectivity index (χ0) is 11.7. The molecule has 0 amide bonds. The van der Waals surface area contributed by atoms with Gasteiger partial charge in [-0.3, -0.25) is 5.73 Å². The third-order valence-electron chi connectivity index (χ3n) is 2.25. The summed E-state index contributed by atoms with van der Waals surface area (Å²) in [6.45, 7) is 0. The third kappa shape index (κ3) is 1.34. The van der Waals surface area contributed by atoms with E-state index in [2.05, 4.69) is 10.1 Å². The lowest BCUT2D eigenvalue weighted by Gasteiger charge is -2.01. The van der Waals surface area contributed by atoms with Crippen LogP contribution in [-0.4, -0.2) is 10.8 Å². The van der Waals surface area contributed by atoms with Crippen LogP contribution in [0.25, 0.3) is 11.0 Å². The van der Waals surface area contributed by atoms with Gasteiger partial charge in [0.05, 0.1) is 5.52 Å². The number of aromatic amines is 1. The molecule has 7 N–H and O–H groups in total. The predicted molar refractivity (Wildman–Crippen MR) is 61.0 cm³/mol. The lowest BCUT2D eigenvalue weighted by atomic mass is 10.2. The number of anilines is 1. The average molecular weight is 219 g/mol. The number of aromatic nitrogens is 2. The molecule has 1 aromatic carbocycles. The first-order valence-electron chi connectivity index (χ1n) is 4.52. The predicted octanol–water partition coefficient (Wildman–Crippen LogP) is -0.756. The molecule has 7 nitrogen and oxygen atoms in total. The standard InChI is InChI=1S/C9H11N6O/c10-8(14-12)7-9(11)15(16)6-4-2-1-3-5(6)13-7/h1-4H,11-12H2,(H2,10,14)(H,13,16)/q+1.